The Bertz CT molecular complexity index is 324. The lowest BCUT2D eigenvalue weighted by Gasteiger charge is -2.47. The second kappa shape index (κ2) is 6.13. The molecule has 6 heteroatoms. The Balaban J connectivity index is 2.38. The van der Waals surface area contributed by atoms with Gasteiger partial charge in [-0.3, -0.25) is 0 Å². The van der Waals surface area contributed by atoms with Gasteiger partial charge in [0.05, 0.1) is 5.75 Å². The highest BCUT2D eigenvalue weighted by molar-refractivity contribution is 7.89. The van der Waals surface area contributed by atoms with Crippen LogP contribution in [0.2, 0.25) is 0 Å². The normalized spacial score (nSPS) is 19.3. The van der Waals surface area contributed by atoms with Crippen LogP contribution in [0.25, 0.3) is 0 Å². The van der Waals surface area contributed by atoms with Crippen LogP contribution in [0.1, 0.15) is 25.7 Å². The van der Waals surface area contributed by atoms with E-state index in [-0.39, 0.29) is 11.3 Å². The van der Waals surface area contributed by atoms with Gasteiger partial charge in [0, 0.05) is 12.1 Å². The topological polar surface area (TPSA) is 61.4 Å². The largest absolute Gasteiger partial charge is 0.320 e. The zero-order valence-electron chi connectivity index (χ0n) is 11.1. The van der Waals surface area contributed by atoms with E-state index < -0.39 is 10.0 Å². The van der Waals surface area contributed by atoms with Crippen molar-refractivity contribution in [3.63, 3.8) is 0 Å². The zero-order chi connectivity index (χ0) is 12.9. The second-order valence-corrected chi connectivity index (χ2v) is 7.00. The maximum absolute atomic E-state index is 11.8. The Morgan fingerprint density at radius 3 is 2.35 bits per heavy atom. The van der Waals surface area contributed by atoms with Gasteiger partial charge in [-0.15, -0.1) is 0 Å². The van der Waals surface area contributed by atoms with Gasteiger partial charge < -0.3 is 10.2 Å². The minimum atomic E-state index is -3.11. The molecule has 0 unspecified atom stereocenters. The molecule has 1 saturated carbocycles. The third-order valence-corrected chi connectivity index (χ3v) is 5.10. The van der Waals surface area contributed by atoms with Gasteiger partial charge in [0.25, 0.3) is 0 Å². The Morgan fingerprint density at radius 2 is 1.94 bits per heavy atom. The summed E-state index contributed by atoms with van der Waals surface area (Å²) in [4.78, 5) is 2.15. The summed E-state index contributed by atoms with van der Waals surface area (Å²) in [7, 11) is 2.76. The molecule has 0 aliphatic heterocycles. The van der Waals surface area contributed by atoms with Crippen LogP contribution in [-0.4, -0.2) is 58.8 Å². The first-order valence-corrected chi connectivity index (χ1v) is 7.86. The minimum absolute atomic E-state index is 0.0517. The van der Waals surface area contributed by atoms with Crippen molar-refractivity contribution in [2.75, 3.05) is 40.0 Å². The van der Waals surface area contributed by atoms with Crippen molar-refractivity contribution in [2.24, 2.45) is 0 Å². The second-order valence-electron chi connectivity index (χ2n) is 5.07. The van der Waals surface area contributed by atoms with Crippen LogP contribution in [0, 0.1) is 0 Å². The van der Waals surface area contributed by atoms with Gasteiger partial charge in [-0.1, -0.05) is 0 Å². The van der Waals surface area contributed by atoms with E-state index in [9.17, 15) is 8.42 Å². The Labute approximate surface area is 105 Å². The molecule has 2 N–H and O–H groups in total. The summed E-state index contributed by atoms with van der Waals surface area (Å²) in [5.41, 5.74) is 0.0517. The smallest absolute Gasteiger partial charge is 0.211 e. The molecule has 0 amide bonds. The van der Waals surface area contributed by atoms with Crippen LogP contribution in [0.5, 0.6) is 0 Å². The molecule has 0 bridgehead atoms. The summed E-state index contributed by atoms with van der Waals surface area (Å²) in [6.45, 7) is 1.28. The summed E-state index contributed by atoms with van der Waals surface area (Å²) in [5.74, 6) is 0.206. The molecule has 0 spiro atoms. The van der Waals surface area contributed by atoms with Gasteiger partial charge in [0.2, 0.25) is 10.0 Å². The predicted octanol–water partition coefficient (Wildman–Crippen LogP) is -0.000400. The first-order chi connectivity index (χ1) is 7.92. The number of nitrogens with zero attached hydrogens (tertiary/aromatic N) is 1. The summed E-state index contributed by atoms with van der Waals surface area (Å²) in [6.07, 6.45) is 4.01. The highest BCUT2D eigenvalue weighted by atomic mass is 32.2. The van der Waals surface area contributed by atoms with E-state index in [4.69, 9.17) is 0 Å². The van der Waals surface area contributed by atoms with Crippen LogP contribution in [-0.2, 0) is 10.0 Å². The average molecular weight is 263 g/mol. The standard InChI is InChI=1S/C11H25N3O2S/c1-12-8-5-9-17(15,16)13-10-11(14(2)3)6-4-7-11/h12-13H,4-10H2,1-3H3. The molecule has 0 aromatic carbocycles. The third kappa shape index (κ3) is 4.21. The summed E-state index contributed by atoms with van der Waals surface area (Å²) < 4.78 is 26.3. The number of rotatable bonds is 8. The van der Waals surface area contributed by atoms with Crippen molar-refractivity contribution in [1.82, 2.24) is 14.9 Å². The number of sulfonamides is 1. The summed E-state index contributed by atoms with van der Waals surface area (Å²) in [5, 5.41) is 2.95. The third-order valence-electron chi connectivity index (χ3n) is 3.69. The van der Waals surface area contributed by atoms with Gasteiger partial charge in [0.15, 0.2) is 0 Å². The lowest BCUT2D eigenvalue weighted by molar-refractivity contribution is 0.0657. The van der Waals surface area contributed by atoms with Gasteiger partial charge >= 0.3 is 0 Å². The summed E-state index contributed by atoms with van der Waals surface area (Å²) in [6, 6.07) is 0. The molecule has 0 heterocycles. The molecule has 1 rings (SSSR count). The Hall–Kier alpha value is -0.170. The van der Waals surface area contributed by atoms with E-state index in [1.807, 2.05) is 21.1 Å². The highest BCUT2D eigenvalue weighted by Crippen LogP contribution is 2.35. The van der Waals surface area contributed by atoms with E-state index in [1.165, 1.54) is 6.42 Å². The van der Waals surface area contributed by atoms with Crippen molar-refractivity contribution in [2.45, 2.75) is 31.2 Å². The lowest BCUT2D eigenvalue weighted by Crippen LogP contribution is -2.57. The van der Waals surface area contributed by atoms with Gasteiger partial charge in [-0.05, 0) is 53.4 Å². The van der Waals surface area contributed by atoms with E-state index >= 15 is 0 Å². The fourth-order valence-corrected chi connectivity index (χ4v) is 3.28. The zero-order valence-corrected chi connectivity index (χ0v) is 11.9. The van der Waals surface area contributed by atoms with Crippen molar-refractivity contribution < 1.29 is 8.42 Å². The Kier molecular flexibility index (Phi) is 5.37. The predicted molar refractivity (Wildman–Crippen MR) is 70.6 cm³/mol. The van der Waals surface area contributed by atoms with Crippen molar-refractivity contribution in [3.8, 4) is 0 Å². The molecule has 0 atom stereocenters. The maximum Gasteiger partial charge on any atom is 0.211 e. The monoisotopic (exact) mass is 263 g/mol. The van der Waals surface area contributed by atoms with Gasteiger partial charge in [0.1, 0.15) is 0 Å². The fourth-order valence-electron chi connectivity index (χ4n) is 2.12. The lowest BCUT2D eigenvalue weighted by atomic mass is 9.76. The number of nitrogens with one attached hydrogen (secondary N) is 2. The van der Waals surface area contributed by atoms with Crippen LogP contribution < -0.4 is 10.0 Å². The molecule has 1 aliphatic rings. The van der Waals surface area contributed by atoms with Crippen molar-refractivity contribution in [3.05, 3.63) is 0 Å². The highest BCUT2D eigenvalue weighted by Gasteiger charge is 2.39. The van der Waals surface area contributed by atoms with Gasteiger partial charge in [-0.25, -0.2) is 13.1 Å². The quantitative estimate of drug-likeness (QED) is 0.605. The van der Waals surface area contributed by atoms with Crippen LogP contribution in [0.15, 0.2) is 0 Å². The Morgan fingerprint density at radius 1 is 1.29 bits per heavy atom. The maximum atomic E-state index is 11.8. The fraction of sp³-hybridized carbons (Fsp3) is 1.00. The van der Waals surface area contributed by atoms with Crippen LogP contribution in [0.4, 0.5) is 0 Å². The molecular formula is C11H25N3O2S. The molecule has 0 saturated heterocycles. The number of hydrogen-bond acceptors (Lipinski definition) is 4. The van der Waals surface area contributed by atoms with E-state index in [2.05, 4.69) is 14.9 Å². The van der Waals surface area contributed by atoms with E-state index in [0.717, 1.165) is 19.4 Å². The molecule has 1 fully saturated rings. The van der Waals surface area contributed by atoms with E-state index in [1.54, 1.807) is 0 Å². The van der Waals surface area contributed by atoms with Crippen molar-refractivity contribution in [1.29, 1.82) is 0 Å². The number of hydrogen-bond donors (Lipinski definition) is 2. The van der Waals surface area contributed by atoms with Gasteiger partial charge in [-0.2, -0.15) is 0 Å². The molecule has 0 radical (unpaired) electrons. The molecule has 17 heavy (non-hydrogen) atoms. The molecule has 102 valence electrons. The van der Waals surface area contributed by atoms with Crippen LogP contribution >= 0.6 is 0 Å². The number of likely N-dealkylation sites (N-methyl/N-ethyl adjacent to an activating group) is 1. The van der Waals surface area contributed by atoms with Crippen LogP contribution in [0.3, 0.4) is 0 Å². The average Bonchev–Trinajstić information content (AvgIpc) is 2.15. The van der Waals surface area contributed by atoms with Crippen molar-refractivity contribution >= 4 is 10.0 Å². The molecular weight excluding hydrogens is 238 g/mol. The summed E-state index contributed by atoms with van der Waals surface area (Å²) >= 11 is 0. The molecule has 1 aliphatic carbocycles. The van der Waals surface area contributed by atoms with E-state index in [0.29, 0.717) is 13.0 Å². The SMILES string of the molecule is CNCCCS(=O)(=O)NCC1(N(C)C)CCC1. The molecule has 0 aromatic heterocycles. The first kappa shape index (κ1) is 14.9. The molecule has 5 nitrogen and oxygen atoms in total. The minimum Gasteiger partial charge on any atom is -0.320 e. The first-order valence-electron chi connectivity index (χ1n) is 6.21. The molecule has 0 aromatic rings.